The Balaban J connectivity index is 1.87. The Morgan fingerprint density at radius 1 is 1.28 bits per heavy atom. The summed E-state index contributed by atoms with van der Waals surface area (Å²) in [5.41, 5.74) is 2.36. The molecule has 0 bridgehead atoms. The molecule has 3 atom stereocenters. The van der Waals surface area contributed by atoms with Crippen molar-refractivity contribution < 1.29 is 9.59 Å². The summed E-state index contributed by atoms with van der Waals surface area (Å²) in [6.07, 6.45) is 1.41. The van der Waals surface area contributed by atoms with Gasteiger partial charge in [-0.3, -0.25) is 9.59 Å². The lowest BCUT2D eigenvalue weighted by Crippen LogP contribution is -2.59. The van der Waals surface area contributed by atoms with E-state index in [0.29, 0.717) is 32.1 Å². The number of fused-ring (bicyclic) bond motifs is 1. The largest absolute Gasteiger partial charge is 0.338 e. The second-order valence-electron chi connectivity index (χ2n) is 7.40. The SMILES string of the molecule is CCC(C)C(=O)N1Cc2ccccc2CC1C(=O)N1CCNC(C)C1. The van der Waals surface area contributed by atoms with E-state index in [1.165, 1.54) is 5.56 Å². The Hall–Kier alpha value is -1.88. The van der Waals surface area contributed by atoms with Crippen molar-refractivity contribution in [2.45, 2.75) is 52.2 Å². The molecule has 0 radical (unpaired) electrons. The van der Waals surface area contributed by atoms with Crippen molar-refractivity contribution in [3.63, 3.8) is 0 Å². The number of piperazine rings is 1. The molecule has 5 nitrogen and oxygen atoms in total. The van der Waals surface area contributed by atoms with Crippen molar-refractivity contribution in [1.82, 2.24) is 15.1 Å². The number of hydrogen-bond acceptors (Lipinski definition) is 3. The van der Waals surface area contributed by atoms with E-state index in [9.17, 15) is 9.59 Å². The van der Waals surface area contributed by atoms with Crippen molar-refractivity contribution in [3.05, 3.63) is 35.4 Å². The second-order valence-corrected chi connectivity index (χ2v) is 7.40. The predicted molar refractivity (Wildman–Crippen MR) is 98.0 cm³/mol. The first-order valence-corrected chi connectivity index (χ1v) is 9.40. The monoisotopic (exact) mass is 343 g/mol. The Labute approximate surface area is 150 Å². The van der Waals surface area contributed by atoms with Crippen molar-refractivity contribution in [1.29, 1.82) is 0 Å². The van der Waals surface area contributed by atoms with Gasteiger partial charge in [0.2, 0.25) is 11.8 Å². The first-order chi connectivity index (χ1) is 12.0. The summed E-state index contributed by atoms with van der Waals surface area (Å²) in [6.45, 7) is 8.85. The molecule has 0 aromatic heterocycles. The Morgan fingerprint density at radius 2 is 2.00 bits per heavy atom. The van der Waals surface area contributed by atoms with Crippen LogP contribution in [-0.2, 0) is 22.6 Å². The third-order valence-electron chi connectivity index (χ3n) is 5.53. The van der Waals surface area contributed by atoms with E-state index in [2.05, 4.69) is 24.4 Å². The van der Waals surface area contributed by atoms with Gasteiger partial charge in [-0.1, -0.05) is 38.1 Å². The van der Waals surface area contributed by atoms with Crippen LogP contribution in [0.1, 0.15) is 38.3 Å². The van der Waals surface area contributed by atoms with E-state index < -0.39 is 0 Å². The van der Waals surface area contributed by atoms with Crippen LogP contribution in [0.2, 0.25) is 0 Å². The minimum atomic E-state index is -0.373. The molecule has 1 fully saturated rings. The van der Waals surface area contributed by atoms with Crippen LogP contribution >= 0.6 is 0 Å². The third-order valence-corrected chi connectivity index (χ3v) is 5.53. The molecule has 2 amide bonds. The fraction of sp³-hybridized carbons (Fsp3) is 0.600. The van der Waals surface area contributed by atoms with E-state index in [1.54, 1.807) is 0 Å². The summed E-state index contributed by atoms with van der Waals surface area (Å²) in [5, 5.41) is 3.37. The number of nitrogens with zero attached hydrogens (tertiary/aromatic N) is 2. The van der Waals surface area contributed by atoms with E-state index in [0.717, 1.165) is 18.5 Å². The molecule has 1 aromatic rings. The van der Waals surface area contributed by atoms with Crippen molar-refractivity contribution in [3.8, 4) is 0 Å². The van der Waals surface area contributed by atoms with Crippen molar-refractivity contribution in [2.24, 2.45) is 5.92 Å². The van der Waals surface area contributed by atoms with Crippen LogP contribution in [0.4, 0.5) is 0 Å². The molecule has 2 aliphatic heterocycles. The molecular weight excluding hydrogens is 314 g/mol. The highest BCUT2D eigenvalue weighted by Crippen LogP contribution is 2.26. The summed E-state index contributed by atoms with van der Waals surface area (Å²) >= 11 is 0. The molecule has 3 rings (SSSR count). The zero-order valence-electron chi connectivity index (χ0n) is 15.5. The van der Waals surface area contributed by atoms with Gasteiger partial charge in [0.1, 0.15) is 6.04 Å². The van der Waals surface area contributed by atoms with Gasteiger partial charge < -0.3 is 15.1 Å². The molecule has 1 aromatic carbocycles. The summed E-state index contributed by atoms with van der Waals surface area (Å²) < 4.78 is 0. The van der Waals surface area contributed by atoms with Crippen LogP contribution < -0.4 is 5.32 Å². The Kier molecular flexibility index (Phi) is 5.42. The highest BCUT2D eigenvalue weighted by molar-refractivity contribution is 5.89. The van der Waals surface area contributed by atoms with Gasteiger partial charge in [-0.25, -0.2) is 0 Å². The highest BCUT2D eigenvalue weighted by Gasteiger charge is 2.38. The molecule has 2 heterocycles. The van der Waals surface area contributed by atoms with Crippen LogP contribution in [0.5, 0.6) is 0 Å². The quantitative estimate of drug-likeness (QED) is 0.911. The Morgan fingerprint density at radius 3 is 2.68 bits per heavy atom. The molecule has 25 heavy (non-hydrogen) atoms. The van der Waals surface area contributed by atoms with Gasteiger partial charge in [0.15, 0.2) is 0 Å². The molecule has 0 saturated carbocycles. The lowest BCUT2D eigenvalue weighted by molar-refractivity contribution is -0.149. The topological polar surface area (TPSA) is 52.7 Å². The van der Waals surface area contributed by atoms with Gasteiger partial charge in [0.05, 0.1) is 0 Å². The minimum absolute atomic E-state index is 0.0532. The number of amides is 2. The first-order valence-electron chi connectivity index (χ1n) is 9.40. The maximum atomic E-state index is 13.2. The molecule has 3 unspecified atom stereocenters. The van der Waals surface area contributed by atoms with Gasteiger partial charge in [-0.05, 0) is 24.5 Å². The number of hydrogen-bond donors (Lipinski definition) is 1. The van der Waals surface area contributed by atoms with Gasteiger partial charge in [0.25, 0.3) is 0 Å². The van der Waals surface area contributed by atoms with Crippen molar-refractivity contribution >= 4 is 11.8 Å². The van der Waals surface area contributed by atoms with E-state index in [-0.39, 0.29) is 23.8 Å². The van der Waals surface area contributed by atoms with Gasteiger partial charge in [0, 0.05) is 44.6 Å². The fourth-order valence-electron chi connectivity index (χ4n) is 3.78. The predicted octanol–water partition coefficient (Wildman–Crippen LogP) is 1.81. The summed E-state index contributed by atoms with van der Waals surface area (Å²) in [6, 6.07) is 8.10. The zero-order valence-corrected chi connectivity index (χ0v) is 15.5. The maximum absolute atomic E-state index is 13.2. The number of rotatable bonds is 3. The number of carbonyl (C=O) groups is 2. The van der Waals surface area contributed by atoms with E-state index in [4.69, 9.17) is 0 Å². The van der Waals surface area contributed by atoms with Crippen LogP contribution in [-0.4, -0.2) is 53.3 Å². The molecular formula is C20H29N3O2. The van der Waals surface area contributed by atoms with E-state index in [1.807, 2.05) is 35.8 Å². The highest BCUT2D eigenvalue weighted by atomic mass is 16.2. The van der Waals surface area contributed by atoms with Gasteiger partial charge >= 0.3 is 0 Å². The molecule has 136 valence electrons. The molecule has 5 heteroatoms. The van der Waals surface area contributed by atoms with Gasteiger partial charge in [-0.15, -0.1) is 0 Å². The van der Waals surface area contributed by atoms with Crippen LogP contribution in [0.3, 0.4) is 0 Å². The van der Waals surface area contributed by atoms with Crippen LogP contribution in [0.25, 0.3) is 0 Å². The van der Waals surface area contributed by atoms with Gasteiger partial charge in [-0.2, -0.15) is 0 Å². The lowest BCUT2D eigenvalue weighted by atomic mass is 9.91. The Bertz CT molecular complexity index is 646. The fourth-order valence-corrected chi connectivity index (χ4v) is 3.78. The summed E-state index contributed by atoms with van der Waals surface area (Å²) in [4.78, 5) is 29.9. The average molecular weight is 343 g/mol. The number of benzene rings is 1. The molecule has 1 saturated heterocycles. The normalized spacial score (nSPS) is 24.6. The summed E-state index contributed by atoms with van der Waals surface area (Å²) in [5.74, 6) is 0.139. The first kappa shape index (κ1) is 17.9. The van der Waals surface area contributed by atoms with Crippen LogP contribution in [0.15, 0.2) is 24.3 Å². The number of nitrogens with one attached hydrogen (secondary N) is 1. The summed E-state index contributed by atoms with van der Waals surface area (Å²) in [7, 11) is 0. The molecule has 0 spiro atoms. The zero-order chi connectivity index (χ0) is 18.0. The molecule has 0 aliphatic carbocycles. The standard InChI is InChI=1S/C20H29N3O2/c1-4-14(2)19(24)23-13-17-8-6-5-7-16(17)11-18(23)20(25)22-10-9-21-15(3)12-22/h5-8,14-15,18,21H,4,9-13H2,1-3H3. The van der Waals surface area contributed by atoms with Crippen molar-refractivity contribution in [2.75, 3.05) is 19.6 Å². The van der Waals surface area contributed by atoms with Crippen LogP contribution in [0, 0.1) is 5.92 Å². The minimum Gasteiger partial charge on any atom is -0.338 e. The maximum Gasteiger partial charge on any atom is 0.245 e. The average Bonchev–Trinajstić information content (AvgIpc) is 2.65. The number of carbonyl (C=O) groups excluding carboxylic acids is 2. The second kappa shape index (κ2) is 7.56. The molecule has 1 N–H and O–H groups in total. The molecule has 2 aliphatic rings. The van der Waals surface area contributed by atoms with E-state index >= 15 is 0 Å². The lowest BCUT2D eigenvalue weighted by Gasteiger charge is -2.41. The smallest absolute Gasteiger partial charge is 0.245 e. The third kappa shape index (κ3) is 3.71.